The summed E-state index contributed by atoms with van der Waals surface area (Å²) in [7, 11) is 0. The summed E-state index contributed by atoms with van der Waals surface area (Å²) in [5.41, 5.74) is 1.49. The van der Waals surface area contributed by atoms with Crippen LogP contribution in [0.2, 0.25) is 0 Å². The van der Waals surface area contributed by atoms with Gasteiger partial charge < -0.3 is 15.3 Å². The third-order valence-electron chi connectivity index (χ3n) is 3.65. The number of aliphatic carboxylic acids is 1. The number of likely N-dealkylation sites (tertiary alicyclic amines) is 1. The molecule has 0 radical (unpaired) electrons. The number of piperidine rings is 1. The van der Waals surface area contributed by atoms with Crippen LogP contribution in [0.5, 0.6) is 0 Å². The predicted molar refractivity (Wildman–Crippen MR) is 82.1 cm³/mol. The van der Waals surface area contributed by atoms with E-state index in [1.165, 1.54) is 6.08 Å². The average Bonchev–Trinajstić information content (AvgIpc) is 2.47. The minimum absolute atomic E-state index is 0.0734. The van der Waals surface area contributed by atoms with Gasteiger partial charge in [-0.3, -0.25) is 0 Å². The van der Waals surface area contributed by atoms with Crippen molar-refractivity contribution in [3.63, 3.8) is 0 Å². The van der Waals surface area contributed by atoms with Crippen molar-refractivity contribution in [3.05, 3.63) is 35.9 Å². The number of nitrogens with one attached hydrogen (secondary N) is 1. The Bertz CT molecular complexity index is 529. The quantitative estimate of drug-likeness (QED) is 0.840. The van der Waals surface area contributed by atoms with E-state index in [0.29, 0.717) is 11.6 Å². The first kappa shape index (κ1) is 15.1. The molecule has 0 bridgehead atoms. The molecule has 2 N–H and O–H groups in total. The lowest BCUT2D eigenvalue weighted by Crippen LogP contribution is -2.40. The number of carboxylic acids is 1. The lowest BCUT2D eigenvalue weighted by atomic mass is 10.00. The van der Waals surface area contributed by atoms with Gasteiger partial charge in [-0.05, 0) is 42.5 Å². The lowest BCUT2D eigenvalue weighted by molar-refractivity contribution is -0.131. The number of carboxylic acid groups (broad SMARTS) is 1. The van der Waals surface area contributed by atoms with E-state index in [0.717, 1.165) is 37.6 Å². The molecular weight excluding hydrogens is 268 g/mol. The standard InChI is InChI=1S/C16H20N2O3/c1-12-8-10-18(11-9-12)16(21)17-14-5-2-13(3-6-14)4-7-15(19)20/h2-7,12H,8-11H2,1H3,(H,17,21)(H,19,20)/b7-4+. The van der Waals surface area contributed by atoms with Crippen molar-refractivity contribution < 1.29 is 14.7 Å². The van der Waals surface area contributed by atoms with Crippen LogP contribution < -0.4 is 5.32 Å². The summed E-state index contributed by atoms with van der Waals surface area (Å²) < 4.78 is 0. The summed E-state index contributed by atoms with van der Waals surface area (Å²) in [6, 6.07) is 7.01. The van der Waals surface area contributed by atoms with Gasteiger partial charge in [-0.25, -0.2) is 9.59 Å². The molecular formula is C16H20N2O3. The number of hydrogen-bond donors (Lipinski definition) is 2. The van der Waals surface area contributed by atoms with Gasteiger partial charge in [0.05, 0.1) is 0 Å². The zero-order valence-corrected chi connectivity index (χ0v) is 12.1. The first-order valence-corrected chi connectivity index (χ1v) is 7.11. The van der Waals surface area contributed by atoms with Crippen LogP contribution in [0, 0.1) is 5.92 Å². The number of hydrogen-bond acceptors (Lipinski definition) is 2. The Hall–Kier alpha value is -2.30. The van der Waals surface area contributed by atoms with Crippen molar-refractivity contribution >= 4 is 23.8 Å². The van der Waals surface area contributed by atoms with E-state index in [1.54, 1.807) is 24.3 Å². The number of carbonyl (C=O) groups excluding carboxylic acids is 1. The first-order chi connectivity index (χ1) is 10.0. The average molecular weight is 288 g/mol. The zero-order chi connectivity index (χ0) is 15.2. The van der Waals surface area contributed by atoms with Crippen LogP contribution in [0.25, 0.3) is 6.08 Å². The van der Waals surface area contributed by atoms with Crippen molar-refractivity contribution in [3.8, 4) is 0 Å². The smallest absolute Gasteiger partial charge is 0.328 e. The predicted octanol–water partition coefficient (Wildman–Crippen LogP) is 3.05. The Labute approximate surface area is 124 Å². The summed E-state index contributed by atoms with van der Waals surface area (Å²) in [5, 5.41) is 11.4. The maximum Gasteiger partial charge on any atom is 0.328 e. The number of urea groups is 1. The number of nitrogens with zero attached hydrogens (tertiary/aromatic N) is 1. The van der Waals surface area contributed by atoms with Crippen LogP contribution in [0.3, 0.4) is 0 Å². The molecule has 0 spiro atoms. The molecule has 2 rings (SSSR count). The molecule has 112 valence electrons. The molecule has 0 aromatic heterocycles. The van der Waals surface area contributed by atoms with Crippen LogP contribution in [-0.4, -0.2) is 35.1 Å². The Kier molecular flexibility index (Phi) is 4.98. The van der Waals surface area contributed by atoms with Gasteiger partial charge >= 0.3 is 12.0 Å². The van der Waals surface area contributed by atoms with Gasteiger partial charge in [0.1, 0.15) is 0 Å². The monoisotopic (exact) mass is 288 g/mol. The van der Waals surface area contributed by atoms with Crippen molar-refractivity contribution in [2.45, 2.75) is 19.8 Å². The molecule has 1 aromatic rings. The third kappa shape index (κ3) is 4.63. The van der Waals surface area contributed by atoms with Crippen LogP contribution in [0.4, 0.5) is 10.5 Å². The summed E-state index contributed by atoms with van der Waals surface area (Å²) in [6.45, 7) is 3.80. The van der Waals surface area contributed by atoms with E-state index in [-0.39, 0.29) is 6.03 Å². The van der Waals surface area contributed by atoms with Crippen molar-refractivity contribution in [1.29, 1.82) is 0 Å². The third-order valence-corrected chi connectivity index (χ3v) is 3.65. The van der Waals surface area contributed by atoms with Gasteiger partial charge in [0.15, 0.2) is 0 Å². The fourth-order valence-corrected chi connectivity index (χ4v) is 2.26. The zero-order valence-electron chi connectivity index (χ0n) is 12.1. The van der Waals surface area contributed by atoms with E-state index in [1.807, 2.05) is 4.90 Å². The Balaban J connectivity index is 1.91. The van der Waals surface area contributed by atoms with Crippen LogP contribution >= 0.6 is 0 Å². The Morgan fingerprint density at radius 1 is 1.24 bits per heavy atom. The van der Waals surface area contributed by atoms with E-state index in [2.05, 4.69) is 12.2 Å². The molecule has 1 heterocycles. The molecule has 0 aliphatic carbocycles. The molecule has 0 saturated carbocycles. The molecule has 5 heteroatoms. The summed E-state index contributed by atoms with van der Waals surface area (Å²) in [5.74, 6) is -0.291. The van der Waals surface area contributed by atoms with Gasteiger partial charge in [-0.2, -0.15) is 0 Å². The maximum atomic E-state index is 12.1. The molecule has 21 heavy (non-hydrogen) atoms. The topological polar surface area (TPSA) is 69.6 Å². The van der Waals surface area contributed by atoms with Gasteiger partial charge in [0.2, 0.25) is 0 Å². The van der Waals surface area contributed by atoms with Gasteiger partial charge in [0, 0.05) is 24.9 Å². The Morgan fingerprint density at radius 2 is 1.86 bits per heavy atom. The molecule has 1 saturated heterocycles. The fourth-order valence-electron chi connectivity index (χ4n) is 2.26. The number of anilines is 1. The molecule has 1 aliphatic rings. The highest BCUT2D eigenvalue weighted by Gasteiger charge is 2.19. The molecule has 1 fully saturated rings. The van der Waals surface area contributed by atoms with Gasteiger partial charge in [-0.15, -0.1) is 0 Å². The number of rotatable bonds is 3. The lowest BCUT2D eigenvalue weighted by Gasteiger charge is -2.30. The summed E-state index contributed by atoms with van der Waals surface area (Å²) in [6.07, 6.45) is 4.70. The highest BCUT2D eigenvalue weighted by Crippen LogP contribution is 2.17. The number of carbonyl (C=O) groups is 2. The van der Waals surface area contributed by atoms with Crippen molar-refractivity contribution in [2.24, 2.45) is 5.92 Å². The van der Waals surface area contributed by atoms with E-state index in [4.69, 9.17) is 5.11 Å². The van der Waals surface area contributed by atoms with Gasteiger partial charge in [-0.1, -0.05) is 19.1 Å². The number of benzene rings is 1. The molecule has 5 nitrogen and oxygen atoms in total. The van der Waals surface area contributed by atoms with Crippen LogP contribution in [-0.2, 0) is 4.79 Å². The molecule has 0 unspecified atom stereocenters. The number of amides is 2. The van der Waals surface area contributed by atoms with E-state index < -0.39 is 5.97 Å². The molecule has 2 amide bonds. The van der Waals surface area contributed by atoms with Gasteiger partial charge in [0.25, 0.3) is 0 Å². The second-order valence-electron chi connectivity index (χ2n) is 5.39. The highest BCUT2D eigenvalue weighted by molar-refractivity contribution is 5.89. The van der Waals surface area contributed by atoms with Crippen LogP contribution in [0.1, 0.15) is 25.3 Å². The largest absolute Gasteiger partial charge is 0.478 e. The normalized spacial score (nSPS) is 16.1. The second kappa shape index (κ2) is 6.92. The molecule has 1 aromatic carbocycles. The van der Waals surface area contributed by atoms with Crippen LogP contribution in [0.15, 0.2) is 30.3 Å². The summed E-state index contributed by atoms with van der Waals surface area (Å²) in [4.78, 5) is 24.4. The minimum Gasteiger partial charge on any atom is -0.478 e. The fraction of sp³-hybridized carbons (Fsp3) is 0.375. The minimum atomic E-state index is -0.980. The van der Waals surface area contributed by atoms with Crippen molar-refractivity contribution in [1.82, 2.24) is 4.90 Å². The van der Waals surface area contributed by atoms with Crippen molar-refractivity contribution in [2.75, 3.05) is 18.4 Å². The Morgan fingerprint density at radius 3 is 2.43 bits per heavy atom. The summed E-state index contributed by atoms with van der Waals surface area (Å²) >= 11 is 0. The van der Waals surface area contributed by atoms with E-state index >= 15 is 0 Å². The second-order valence-corrected chi connectivity index (χ2v) is 5.39. The maximum absolute atomic E-state index is 12.1. The molecule has 0 atom stereocenters. The highest BCUT2D eigenvalue weighted by atomic mass is 16.4. The SMILES string of the molecule is CC1CCN(C(=O)Nc2ccc(/C=C/C(=O)O)cc2)CC1. The van der Waals surface area contributed by atoms with E-state index in [9.17, 15) is 9.59 Å². The molecule has 1 aliphatic heterocycles. The first-order valence-electron chi connectivity index (χ1n) is 7.11.